The van der Waals surface area contributed by atoms with Gasteiger partial charge in [0.05, 0.1) is 60.3 Å². The first-order valence-corrected chi connectivity index (χ1v) is 12.3. The first-order valence-electron chi connectivity index (χ1n) is 13.8. The van der Waals surface area contributed by atoms with Crippen molar-refractivity contribution in [2.75, 3.05) is 38.7 Å². The molecule has 39 heavy (non-hydrogen) atoms. The molecule has 4 aromatic rings. The Kier molecular flexibility index (Phi) is 5.66. The van der Waals surface area contributed by atoms with Gasteiger partial charge >= 0.3 is 0 Å². The molecule has 2 saturated heterocycles. The molecule has 0 saturated carbocycles. The van der Waals surface area contributed by atoms with Crippen LogP contribution in [0.15, 0.2) is 18.3 Å². The molecule has 2 aliphatic heterocycles. The SMILES string of the molecule is [2H]C([2H])([2H])Oc1nc(N[C@@H]2CCN(C3COC3)C[C@H]2F)nn2cc(F)c(-c3cc(F)c4nc(C)n(CC(F)F)c4c3)c12. The van der Waals surface area contributed by atoms with Crippen LogP contribution in [0, 0.1) is 18.6 Å². The number of piperidine rings is 1. The fourth-order valence-corrected chi connectivity index (χ4v) is 5.26. The average molecular weight is 555 g/mol. The van der Waals surface area contributed by atoms with Gasteiger partial charge < -0.3 is 19.4 Å². The van der Waals surface area contributed by atoms with Crippen molar-refractivity contribution in [3.8, 4) is 17.0 Å². The molecule has 0 amide bonds. The smallest absolute Gasteiger partial charge is 0.256 e. The van der Waals surface area contributed by atoms with Crippen LogP contribution in [0.25, 0.3) is 27.7 Å². The number of halogens is 5. The van der Waals surface area contributed by atoms with Crippen LogP contribution in [0.4, 0.5) is 27.9 Å². The van der Waals surface area contributed by atoms with Crippen molar-refractivity contribution >= 4 is 22.5 Å². The molecule has 6 rings (SSSR count). The van der Waals surface area contributed by atoms with E-state index in [1.54, 1.807) is 0 Å². The van der Waals surface area contributed by atoms with Crippen LogP contribution >= 0.6 is 0 Å². The molecule has 0 spiro atoms. The molecule has 9 nitrogen and oxygen atoms in total. The summed E-state index contributed by atoms with van der Waals surface area (Å²) in [6, 6.07) is 1.69. The van der Waals surface area contributed by atoms with Gasteiger partial charge in [-0.25, -0.2) is 31.5 Å². The van der Waals surface area contributed by atoms with Gasteiger partial charge in [-0.15, -0.1) is 5.10 Å². The molecule has 2 aliphatic rings. The molecule has 2 fully saturated rings. The minimum atomic E-state index is -3.02. The second kappa shape index (κ2) is 9.90. The number of rotatable bonds is 7. The number of aromatic nitrogens is 5. The van der Waals surface area contributed by atoms with Crippen molar-refractivity contribution in [3.63, 3.8) is 0 Å². The summed E-state index contributed by atoms with van der Waals surface area (Å²) in [6.07, 6.45) is -2.76. The van der Waals surface area contributed by atoms with Crippen molar-refractivity contribution in [3.05, 3.63) is 35.8 Å². The van der Waals surface area contributed by atoms with E-state index in [0.717, 1.165) is 21.3 Å². The van der Waals surface area contributed by atoms with Crippen molar-refractivity contribution in [1.82, 2.24) is 29.0 Å². The Bertz CT molecular complexity index is 1640. The first kappa shape index (κ1) is 22.3. The Morgan fingerprint density at radius 1 is 1.23 bits per heavy atom. The molecule has 5 heterocycles. The van der Waals surface area contributed by atoms with E-state index in [2.05, 4.69) is 20.4 Å². The summed E-state index contributed by atoms with van der Waals surface area (Å²) in [5, 5.41) is 7.08. The van der Waals surface area contributed by atoms with Crippen molar-refractivity contribution in [1.29, 1.82) is 0 Å². The van der Waals surface area contributed by atoms with E-state index in [-0.39, 0.29) is 52.0 Å². The minimum Gasteiger partial charge on any atom is -0.479 e. The lowest BCUT2D eigenvalue weighted by Crippen LogP contribution is -2.57. The molecule has 0 aliphatic carbocycles. The Morgan fingerprint density at radius 3 is 2.74 bits per heavy atom. The molecule has 1 N–H and O–H groups in total. The number of aryl methyl sites for hydroxylation is 1. The van der Waals surface area contributed by atoms with Crippen molar-refractivity contribution < 1.29 is 35.5 Å². The van der Waals surface area contributed by atoms with E-state index < -0.39 is 49.7 Å². The number of likely N-dealkylation sites (tertiary alicyclic amines) is 1. The fraction of sp³-hybridized carbons (Fsp3) is 0.480. The number of hydrogen-bond donors (Lipinski definition) is 1. The zero-order valence-electron chi connectivity index (χ0n) is 23.7. The quantitative estimate of drug-likeness (QED) is 0.348. The van der Waals surface area contributed by atoms with Crippen molar-refractivity contribution in [2.24, 2.45) is 0 Å². The highest BCUT2D eigenvalue weighted by Crippen LogP contribution is 2.37. The number of fused-ring (bicyclic) bond motifs is 2. The molecular formula is C25H26F5N7O2. The molecule has 208 valence electrons. The lowest BCUT2D eigenvalue weighted by Gasteiger charge is -2.42. The van der Waals surface area contributed by atoms with Gasteiger partial charge in [-0.3, -0.25) is 4.90 Å². The molecular weight excluding hydrogens is 525 g/mol. The summed E-state index contributed by atoms with van der Waals surface area (Å²) in [4.78, 5) is 10.2. The third kappa shape index (κ3) is 4.54. The lowest BCUT2D eigenvalue weighted by molar-refractivity contribution is -0.0794. The van der Waals surface area contributed by atoms with Gasteiger partial charge in [0.2, 0.25) is 11.8 Å². The van der Waals surface area contributed by atoms with Crippen LogP contribution in [-0.4, -0.2) is 87.1 Å². The van der Waals surface area contributed by atoms with Crippen LogP contribution in [0.1, 0.15) is 16.4 Å². The topological polar surface area (TPSA) is 81.7 Å². The molecule has 0 bridgehead atoms. The van der Waals surface area contributed by atoms with Crippen LogP contribution in [0.3, 0.4) is 0 Å². The highest BCUT2D eigenvalue weighted by atomic mass is 19.3. The third-order valence-corrected chi connectivity index (χ3v) is 7.28. The van der Waals surface area contributed by atoms with Crippen LogP contribution < -0.4 is 10.1 Å². The van der Waals surface area contributed by atoms with E-state index >= 15 is 13.2 Å². The number of hydrogen-bond acceptors (Lipinski definition) is 7. The number of methoxy groups -OCH3 is 1. The summed E-state index contributed by atoms with van der Waals surface area (Å²) in [5.74, 6) is -2.48. The van der Waals surface area contributed by atoms with Crippen LogP contribution in [0.5, 0.6) is 5.88 Å². The number of alkyl halides is 3. The second-order valence-corrected chi connectivity index (χ2v) is 9.72. The van der Waals surface area contributed by atoms with Gasteiger partial charge in [0.1, 0.15) is 23.0 Å². The Balaban J connectivity index is 1.41. The highest BCUT2D eigenvalue weighted by Gasteiger charge is 2.36. The number of nitrogens with zero attached hydrogens (tertiary/aromatic N) is 6. The number of nitrogens with one attached hydrogen (secondary N) is 1. The predicted molar refractivity (Wildman–Crippen MR) is 132 cm³/mol. The molecule has 2 atom stereocenters. The van der Waals surface area contributed by atoms with E-state index in [0.29, 0.717) is 26.2 Å². The average Bonchev–Trinajstić information content (AvgIpc) is 3.35. The van der Waals surface area contributed by atoms with Gasteiger partial charge in [0, 0.05) is 13.1 Å². The minimum absolute atomic E-state index is 0.00663. The normalized spacial score (nSPS) is 22.2. The molecule has 1 aromatic carbocycles. The van der Waals surface area contributed by atoms with Gasteiger partial charge in [-0.05, 0) is 31.0 Å². The van der Waals surface area contributed by atoms with Crippen molar-refractivity contribution in [2.45, 2.75) is 44.6 Å². The first-order chi connectivity index (χ1) is 19.9. The highest BCUT2D eigenvalue weighted by molar-refractivity contribution is 5.90. The van der Waals surface area contributed by atoms with E-state index in [4.69, 9.17) is 13.6 Å². The summed E-state index contributed by atoms with van der Waals surface area (Å²) in [6.45, 7) is 2.52. The molecule has 3 aromatic heterocycles. The van der Waals surface area contributed by atoms with Crippen LogP contribution in [0.2, 0.25) is 0 Å². The fourth-order valence-electron chi connectivity index (χ4n) is 5.26. The molecule has 14 heteroatoms. The maximum Gasteiger partial charge on any atom is 0.256 e. The molecule has 0 unspecified atom stereocenters. The monoisotopic (exact) mass is 554 g/mol. The van der Waals surface area contributed by atoms with E-state index in [9.17, 15) is 8.78 Å². The second-order valence-electron chi connectivity index (χ2n) is 9.72. The summed E-state index contributed by atoms with van der Waals surface area (Å²) < 4.78 is 107. The van der Waals surface area contributed by atoms with Crippen LogP contribution in [-0.2, 0) is 11.3 Å². The zero-order valence-corrected chi connectivity index (χ0v) is 20.7. The standard InChI is InChI=1S/C25H26F5N7O2/c1-12-31-22-15(26)5-13(6-19(22)36(12)9-20(29)30)21-17(28)8-37-23(21)24(38-2)33-25(34-37)32-18-3-4-35(7-16(18)27)14-10-39-11-14/h5-6,8,14,16,18,20H,3-4,7,9-11H2,1-2H3,(H,32,34)/t16-,18-/m1/s1/i2D3. The summed E-state index contributed by atoms with van der Waals surface area (Å²) in [5.41, 5.74) is -0.858. The third-order valence-electron chi connectivity index (χ3n) is 7.28. The Hall–Kier alpha value is -3.52. The number of imidazole rings is 1. The largest absolute Gasteiger partial charge is 0.479 e. The van der Waals surface area contributed by atoms with Gasteiger partial charge in [0.15, 0.2) is 11.6 Å². The lowest BCUT2D eigenvalue weighted by atomic mass is 10.0. The van der Waals surface area contributed by atoms with Gasteiger partial charge in [-0.1, -0.05) is 0 Å². The van der Waals surface area contributed by atoms with E-state index in [1.165, 1.54) is 13.0 Å². The number of benzene rings is 1. The molecule has 0 radical (unpaired) electrons. The van der Waals surface area contributed by atoms with Gasteiger partial charge in [0.25, 0.3) is 6.43 Å². The summed E-state index contributed by atoms with van der Waals surface area (Å²) in [7, 11) is -3.02. The predicted octanol–water partition coefficient (Wildman–Crippen LogP) is 3.83. The number of anilines is 1. The Labute approximate surface area is 223 Å². The summed E-state index contributed by atoms with van der Waals surface area (Å²) >= 11 is 0. The zero-order chi connectivity index (χ0) is 29.9. The Morgan fingerprint density at radius 2 is 2.05 bits per heavy atom. The maximum atomic E-state index is 15.5. The van der Waals surface area contributed by atoms with E-state index in [1.807, 2.05) is 4.90 Å². The maximum absolute atomic E-state index is 15.5. The number of ether oxygens (including phenoxy) is 2. The van der Waals surface area contributed by atoms with Gasteiger partial charge in [-0.2, -0.15) is 4.98 Å².